The Morgan fingerprint density at radius 2 is 1.71 bits per heavy atom. The van der Waals surface area contributed by atoms with E-state index in [-0.39, 0.29) is 0 Å². The molecule has 1 fully saturated rings. The summed E-state index contributed by atoms with van der Waals surface area (Å²) in [6.45, 7) is 0.928. The Morgan fingerprint density at radius 1 is 1.00 bits per heavy atom. The lowest BCUT2D eigenvalue weighted by atomic mass is 9.97. The number of aromatic nitrogens is 2. The van der Waals surface area contributed by atoms with Crippen molar-refractivity contribution >= 4 is 0 Å². The van der Waals surface area contributed by atoms with E-state index in [9.17, 15) is 0 Å². The number of hydrogen-bond acceptors (Lipinski definition) is 2. The summed E-state index contributed by atoms with van der Waals surface area (Å²) in [6, 6.07) is 11.0. The summed E-state index contributed by atoms with van der Waals surface area (Å²) in [5.74, 6) is 0. The quantitative estimate of drug-likeness (QED) is 0.916. The lowest BCUT2D eigenvalue weighted by Crippen LogP contribution is -2.29. The molecule has 0 bridgehead atoms. The third kappa shape index (κ3) is 4.18. The van der Waals surface area contributed by atoms with Crippen LogP contribution >= 0.6 is 0 Å². The van der Waals surface area contributed by atoms with Gasteiger partial charge in [-0.15, -0.1) is 0 Å². The average Bonchev–Trinajstić information content (AvgIpc) is 2.96. The highest BCUT2D eigenvalue weighted by atomic mass is 15.3. The van der Waals surface area contributed by atoms with Gasteiger partial charge in [-0.1, -0.05) is 50.3 Å². The van der Waals surface area contributed by atoms with Crippen molar-refractivity contribution in [3.05, 3.63) is 48.3 Å². The fourth-order valence-electron chi connectivity index (χ4n) is 3.10. The van der Waals surface area contributed by atoms with Gasteiger partial charge in [0, 0.05) is 24.3 Å². The lowest BCUT2D eigenvalue weighted by molar-refractivity contribution is 0.389. The number of para-hydroxylation sites is 1. The molecule has 1 aromatic heterocycles. The molecular weight excluding hydrogens is 258 g/mol. The summed E-state index contributed by atoms with van der Waals surface area (Å²) < 4.78 is 1.95. The highest BCUT2D eigenvalue weighted by molar-refractivity contribution is 5.30. The Balaban J connectivity index is 1.54. The van der Waals surface area contributed by atoms with E-state index in [0.717, 1.165) is 12.2 Å². The van der Waals surface area contributed by atoms with Gasteiger partial charge in [-0.2, -0.15) is 5.10 Å². The van der Waals surface area contributed by atoms with Gasteiger partial charge in [0.1, 0.15) is 0 Å². The van der Waals surface area contributed by atoms with Crippen LogP contribution in [0.2, 0.25) is 0 Å². The molecule has 1 N–H and O–H groups in total. The first-order chi connectivity index (χ1) is 10.4. The van der Waals surface area contributed by atoms with Gasteiger partial charge in [0.2, 0.25) is 0 Å². The van der Waals surface area contributed by atoms with Crippen LogP contribution in [-0.2, 0) is 6.54 Å². The van der Waals surface area contributed by atoms with Gasteiger partial charge < -0.3 is 5.32 Å². The van der Waals surface area contributed by atoms with Crippen molar-refractivity contribution in [3.63, 3.8) is 0 Å². The van der Waals surface area contributed by atoms with E-state index in [1.807, 2.05) is 29.1 Å². The number of rotatable bonds is 4. The van der Waals surface area contributed by atoms with Gasteiger partial charge in [-0.05, 0) is 25.0 Å². The summed E-state index contributed by atoms with van der Waals surface area (Å²) in [6.07, 6.45) is 13.8. The molecule has 1 saturated carbocycles. The molecule has 0 saturated heterocycles. The number of benzene rings is 1. The summed E-state index contributed by atoms with van der Waals surface area (Å²) in [5.41, 5.74) is 2.38. The standard InChI is InChI=1S/C18H25N3/c1-2-5-9-17(10-6-3-1)19-13-16-14-20-21(15-16)18-11-7-4-8-12-18/h4,7-8,11-12,14-15,17,19H,1-3,5-6,9-10,13H2. The smallest absolute Gasteiger partial charge is 0.0645 e. The first kappa shape index (κ1) is 14.3. The highest BCUT2D eigenvalue weighted by Gasteiger charge is 2.11. The zero-order chi connectivity index (χ0) is 14.3. The van der Waals surface area contributed by atoms with E-state index in [0.29, 0.717) is 6.04 Å². The Bertz CT molecular complexity index is 524. The lowest BCUT2D eigenvalue weighted by Gasteiger charge is -2.20. The van der Waals surface area contributed by atoms with Crippen LogP contribution in [0.3, 0.4) is 0 Å². The van der Waals surface area contributed by atoms with Crippen molar-refractivity contribution in [1.82, 2.24) is 15.1 Å². The molecule has 0 unspecified atom stereocenters. The van der Waals surface area contributed by atoms with E-state index in [4.69, 9.17) is 0 Å². The summed E-state index contributed by atoms with van der Waals surface area (Å²) in [4.78, 5) is 0. The molecule has 1 aromatic carbocycles. The molecule has 0 aliphatic heterocycles. The molecule has 0 spiro atoms. The van der Waals surface area contributed by atoms with Crippen LogP contribution in [0, 0.1) is 0 Å². The van der Waals surface area contributed by atoms with E-state index in [1.165, 1.54) is 50.5 Å². The predicted octanol–water partition coefficient (Wildman–Crippen LogP) is 4.07. The molecule has 112 valence electrons. The Morgan fingerprint density at radius 3 is 2.48 bits per heavy atom. The van der Waals surface area contributed by atoms with Crippen LogP contribution in [0.25, 0.3) is 5.69 Å². The van der Waals surface area contributed by atoms with Crippen LogP contribution in [-0.4, -0.2) is 15.8 Å². The summed E-state index contributed by atoms with van der Waals surface area (Å²) in [7, 11) is 0. The Kier molecular flexibility index (Phi) is 5.06. The second kappa shape index (κ2) is 7.41. The van der Waals surface area contributed by atoms with Gasteiger partial charge in [0.15, 0.2) is 0 Å². The first-order valence-corrected chi connectivity index (χ1v) is 8.24. The number of nitrogens with one attached hydrogen (secondary N) is 1. The Hall–Kier alpha value is -1.61. The summed E-state index contributed by atoms with van der Waals surface area (Å²) in [5, 5.41) is 8.18. The number of nitrogens with zero attached hydrogens (tertiary/aromatic N) is 2. The van der Waals surface area contributed by atoms with Crippen molar-refractivity contribution < 1.29 is 0 Å². The van der Waals surface area contributed by atoms with Gasteiger partial charge in [-0.25, -0.2) is 4.68 Å². The van der Waals surface area contributed by atoms with E-state index < -0.39 is 0 Å². The maximum absolute atomic E-state index is 4.46. The maximum atomic E-state index is 4.46. The van der Waals surface area contributed by atoms with Crippen molar-refractivity contribution in [1.29, 1.82) is 0 Å². The largest absolute Gasteiger partial charge is 0.310 e. The first-order valence-electron chi connectivity index (χ1n) is 8.24. The topological polar surface area (TPSA) is 29.9 Å². The molecule has 2 aromatic rings. The van der Waals surface area contributed by atoms with Crippen molar-refractivity contribution in [2.75, 3.05) is 0 Å². The van der Waals surface area contributed by atoms with E-state index >= 15 is 0 Å². The zero-order valence-corrected chi connectivity index (χ0v) is 12.7. The fourth-order valence-corrected chi connectivity index (χ4v) is 3.10. The van der Waals surface area contributed by atoms with Crippen molar-refractivity contribution in [2.24, 2.45) is 0 Å². The van der Waals surface area contributed by atoms with Crippen molar-refractivity contribution in [3.8, 4) is 5.69 Å². The highest BCUT2D eigenvalue weighted by Crippen LogP contribution is 2.17. The van der Waals surface area contributed by atoms with Gasteiger partial charge >= 0.3 is 0 Å². The summed E-state index contributed by atoms with van der Waals surface area (Å²) >= 11 is 0. The minimum atomic E-state index is 0.686. The minimum Gasteiger partial charge on any atom is -0.310 e. The molecule has 21 heavy (non-hydrogen) atoms. The molecule has 0 radical (unpaired) electrons. The van der Waals surface area contributed by atoms with Gasteiger partial charge in [0.25, 0.3) is 0 Å². The third-order valence-electron chi connectivity index (χ3n) is 4.36. The molecule has 3 nitrogen and oxygen atoms in total. The average molecular weight is 283 g/mol. The SMILES string of the molecule is c1ccc(-n2cc(CNC3CCCCCCC3)cn2)cc1. The van der Waals surface area contributed by atoms with Crippen LogP contribution in [0.1, 0.15) is 50.5 Å². The van der Waals surface area contributed by atoms with E-state index in [1.54, 1.807) is 0 Å². The molecule has 1 aliphatic carbocycles. The second-order valence-electron chi connectivity index (χ2n) is 6.05. The molecule has 0 amide bonds. The van der Waals surface area contributed by atoms with Crippen LogP contribution in [0.15, 0.2) is 42.7 Å². The van der Waals surface area contributed by atoms with Crippen LogP contribution < -0.4 is 5.32 Å². The van der Waals surface area contributed by atoms with Gasteiger partial charge in [-0.3, -0.25) is 0 Å². The van der Waals surface area contributed by atoms with Gasteiger partial charge in [0.05, 0.1) is 11.9 Å². The third-order valence-corrected chi connectivity index (χ3v) is 4.36. The molecule has 3 rings (SSSR count). The normalized spacial score (nSPS) is 17.3. The zero-order valence-electron chi connectivity index (χ0n) is 12.7. The fraction of sp³-hybridized carbons (Fsp3) is 0.500. The van der Waals surface area contributed by atoms with E-state index in [2.05, 4.69) is 28.7 Å². The molecular formula is C18H25N3. The monoisotopic (exact) mass is 283 g/mol. The minimum absolute atomic E-state index is 0.686. The maximum Gasteiger partial charge on any atom is 0.0645 e. The molecule has 0 atom stereocenters. The van der Waals surface area contributed by atoms with Crippen LogP contribution in [0.5, 0.6) is 0 Å². The number of hydrogen-bond donors (Lipinski definition) is 1. The molecule has 3 heteroatoms. The van der Waals surface area contributed by atoms with Crippen molar-refractivity contribution in [2.45, 2.75) is 57.5 Å². The molecule has 1 aliphatic rings. The predicted molar refractivity (Wildman–Crippen MR) is 86.5 cm³/mol. The molecule has 1 heterocycles. The van der Waals surface area contributed by atoms with Crippen LogP contribution in [0.4, 0.5) is 0 Å². The Labute approximate surface area is 127 Å². The second-order valence-corrected chi connectivity index (χ2v) is 6.05.